The van der Waals surface area contributed by atoms with E-state index in [-0.39, 0.29) is 11.5 Å². The van der Waals surface area contributed by atoms with Gasteiger partial charge in [-0.1, -0.05) is 31.5 Å². The summed E-state index contributed by atoms with van der Waals surface area (Å²) in [6.07, 6.45) is -2.32. The largest absolute Gasteiger partial charge is 0.416 e. The molecule has 1 aromatic carbocycles. The Labute approximate surface area is 126 Å². The lowest BCUT2D eigenvalue weighted by Crippen LogP contribution is -2.31. The second kappa shape index (κ2) is 6.73. The monoisotopic (exact) mass is 317 g/mol. The molecule has 116 valence electrons. The highest BCUT2D eigenvalue weighted by atomic mass is 32.2. The van der Waals surface area contributed by atoms with E-state index in [1.807, 2.05) is 6.92 Å². The van der Waals surface area contributed by atoms with Gasteiger partial charge in [0.1, 0.15) is 5.37 Å². The van der Waals surface area contributed by atoms with Gasteiger partial charge >= 0.3 is 6.18 Å². The Balaban J connectivity index is 2.26. The molecule has 1 heterocycles. The van der Waals surface area contributed by atoms with Gasteiger partial charge in [-0.3, -0.25) is 4.79 Å². The quantitative estimate of drug-likeness (QED) is 0.816. The molecular formula is C15H18F3NOS. The van der Waals surface area contributed by atoms with Gasteiger partial charge in [-0.2, -0.15) is 13.2 Å². The smallest absolute Gasteiger partial charge is 0.326 e. The van der Waals surface area contributed by atoms with Gasteiger partial charge < -0.3 is 4.90 Å². The zero-order valence-electron chi connectivity index (χ0n) is 11.8. The molecule has 1 fully saturated rings. The summed E-state index contributed by atoms with van der Waals surface area (Å²) in [5.74, 6) is 0.623. The third-order valence-corrected chi connectivity index (χ3v) is 4.73. The molecule has 0 bridgehead atoms. The lowest BCUT2D eigenvalue weighted by Gasteiger charge is -2.26. The molecule has 1 aliphatic heterocycles. The van der Waals surface area contributed by atoms with E-state index in [2.05, 4.69) is 0 Å². The maximum absolute atomic E-state index is 13.1. The van der Waals surface area contributed by atoms with E-state index in [4.69, 9.17) is 0 Å². The number of rotatable bonds is 4. The van der Waals surface area contributed by atoms with Crippen molar-refractivity contribution >= 4 is 17.7 Å². The number of carbonyl (C=O) groups is 1. The Morgan fingerprint density at radius 2 is 2.10 bits per heavy atom. The van der Waals surface area contributed by atoms with Crippen molar-refractivity contribution in [2.75, 3.05) is 12.3 Å². The lowest BCUT2D eigenvalue weighted by atomic mass is 10.1. The number of alkyl halides is 3. The maximum atomic E-state index is 13.1. The standard InChI is InChI=1S/C15H18F3NOS/c1-2-3-8-13(20)19-9-10-21-14(19)11-6-4-5-7-12(11)15(16,17)18/h4-7,14H,2-3,8-10H2,1H3. The van der Waals surface area contributed by atoms with E-state index in [0.717, 1.165) is 18.9 Å². The van der Waals surface area contributed by atoms with Crippen LogP contribution < -0.4 is 0 Å². The van der Waals surface area contributed by atoms with Crippen LogP contribution in [0.25, 0.3) is 0 Å². The highest BCUT2D eigenvalue weighted by Gasteiger charge is 2.39. The Kier molecular flexibility index (Phi) is 5.19. The summed E-state index contributed by atoms with van der Waals surface area (Å²) in [6.45, 7) is 2.51. The number of carbonyl (C=O) groups excluding carboxylic acids is 1. The normalized spacial score (nSPS) is 19.0. The topological polar surface area (TPSA) is 20.3 Å². The Morgan fingerprint density at radius 1 is 1.38 bits per heavy atom. The first-order valence-electron chi connectivity index (χ1n) is 7.02. The molecule has 0 radical (unpaired) electrons. The minimum atomic E-state index is -4.39. The molecule has 2 nitrogen and oxygen atoms in total. The van der Waals surface area contributed by atoms with Gasteiger partial charge in [0, 0.05) is 18.7 Å². The highest BCUT2D eigenvalue weighted by molar-refractivity contribution is 7.99. The number of halogens is 3. The first-order valence-corrected chi connectivity index (χ1v) is 8.07. The Hall–Kier alpha value is -1.17. The van der Waals surface area contributed by atoms with Crippen LogP contribution in [-0.4, -0.2) is 23.1 Å². The average molecular weight is 317 g/mol. The van der Waals surface area contributed by atoms with E-state index in [1.165, 1.54) is 23.9 Å². The Bertz CT molecular complexity index is 504. The summed E-state index contributed by atoms with van der Waals surface area (Å²) in [4.78, 5) is 13.8. The predicted octanol–water partition coefficient (Wildman–Crippen LogP) is 4.47. The third kappa shape index (κ3) is 3.73. The fourth-order valence-electron chi connectivity index (χ4n) is 2.43. The van der Waals surface area contributed by atoms with Crippen molar-refractivity contribution in [3.63, 3.8) is 0 Å². The number of nitrogens with zero attached hydrogens (tertiary/aromatic N) is 1. The predicted molar refractivity (Wildman–Crippen MR) is 77.9 cm³/mol. The third-order valence-electron chi connectivity index (χ3n) is 3.49. The van der Waals surface area contributed by atoms with Gasteiger partial charge in [0.2, 0.25) is 5.91 Å². The van der Waals surface area contributed by atoms with Crippen molar-refractivity contribution < 1.29 is 18.0 Å². The van der Waals surface area contributed by atoms with Crippen LogP contribution in [0.15, 0.2) is 24.3 Å². The molecular weight excluding hydrogens is 299 g/mol. The van der Waals surface area contributed by atoms with Gasteiger partial charge in [-0.25, -0.2) is 0 Å². The lowest BCUT2D eigenvalue weighted by molar-refractivity contribution is -0.139. The van der Waals surface area contributed by atoms with Crippen molar-refractivity contribution in [2.45, 2.75) is 37.7 Å². The number of thioether (sulfide) groups is 1. The summed E-state index contributed by atoms with van der Waals surface area (Å²) in [6, 6.07) is 5.54. The SMILES string of the molecule is CCCCC(=O)N1CCSC1c1ccccc1C(F)(F)F. The number of hydrogen-bond acceptors (Lipinski definition) is 2. The van der Waals surface area contributed by atoms with Gasteiger partial charge in [0.25, 0.3) is 0 Å². The summed E-state index contributed by atoms with van der Waals surface area (Å²) in [5, 5.41) is -0.521. The van der Waals surface area contributed by atoms with Crippen LogP contribution in [0.1, 0.15) is 42.7 Å². The first kappa shape index (κ1) is 16.2. The number of amides is 1. The minimum absolute atomic E-state index is 0.0520. The minimum Gasteiger partial charge on any atom is -0.326 e. The number of benzene rings is 1. The summed E-state index contributed by atoms with van der Waals surface area (Å²) in [7, 11) is 0. The van der Waals surface area contributed by atoms with Crippen LogP contribution in [0.5, 0.6) is 0 Å². The molecule has 0 aliphatic carbocycles. The molecule has 1 amide bonds. The van der Waals surface area contributed by atoms with Crippen LogP contribution >= 0.6 is 11.8 Å². The second-order valence-corrected chi connectivity index (χ2v) is 6.19. The van der Waals surface area contributed by atoms with Crippen LogP contribution in [0.2, 0.25) is 0 Å². The van der Waals surface area contributed by atoms with Gasteiger partial charge in [0.15, 0.2) is 0 Å². The van der Waals surface area contributed by atoms with Gasteiger partial charge in [-0.05, 0) is 18.1 Å². The molecule has 0 aromatic heterocycles. The zero-order valence-corrected chi connectivity index (χ0v) is 12.6. The number of unbranched alkanes of at least 4 members (excludes halogenated alkanes) is 1. The molecule has 0 N–H and O–H groups in total. The number of hydrogen-bond donors (Lipinski definition) is 0. The average Bonchev–Trinajstić information content (AvgIpc) is 2.93. The molecule has 1 aliphatic rings. The molecule has 2 rings (SSSR count). The fraction of sp³-hybridized carbons (Fsp3) is 0.533. The molecule has 1 saturated heterocycles. The van der Waals surface area contributed by atoms with Crippen molar-refractivity contribution in [1.82, 2.24) is 4.90 Å². The van der Waals surface area contributed by atoms with Crippen molar-refractivity contribution in [3.05, 3.63) is 35.4 Å². The zero-order chi connectivity index (χ0) is 15.5. The summed E-state index contributed by atoms with van der Waals surface area (Å²) >= 11 is 1.40. The van der Waals surface area contributed by atoms with Crippen molar-refractivity contribution in [3.8, 4) is 0 Å². The maximum Gasteiger partial charge on any atom is 0.416 e. The van der Waals surface area contributed by atoms with E-state index < -0.39 is 17.1 Å². The molecule has 0 saturated carbocycles. The van der Waals surface area contributed by atoms with Crippen molar-refractivity contribution in [1.29, 1.82) is 0 Å². The molecule has 0 spiro atoms. The van der Waals surface area contributed by atoms with E-state index in [0.29, 0.717) is 18.7 Å². The van der Waals surface area contributed by atoms with Gasteiger partial charge in [-0.15, -0.1) is 11.8 Å². The summed E-state index contributed by atoms with van der Waals surface area (Å²) in [5.41, 5.74) is -0.449. The second-order valence-electron chi connectivity index (χ2n) is 5.00. The van der Waals surface area contributed by atoms with E-state index >= 15 is 0 Å². The van der Waals surface area contributed by atoms with Crippen LogP contribution in [-0.2, 0) is 11.0 Å². The van der Waals surface area contributed by atoms with E-state index in [9.17, 15) is 18.0 Å². The van der Waals surface area contributed by atoms with E-state index in [1.54, 1.807) is 11.0 Å². The van der Waals surface area contributed by atoms with Crippen LogP contribution in [0.4, 0.5) is 13.2 Å². The molecule has 21 heavy (non-hydrogen) atoms. The molecule has 6 heteroatoms. The molecule has 1 unspecified atom stereocenters. The summed E-state index contributed by atoms with van der Waals surface area (Å²) < 4.78 is 39.4. The van der Waals surface area contributed by atoms with Gasteiger partial charge in [0.05, 0.1) is 5.56 Å². The fourth-order valence-corrected chi connectivity index (χ4v) is 3.74. The first-order chi connectivity index (χ1) is 9.95. The molecule has 1 atom stereocenters. The van der Waals surface area contributed by atoms with Crippen LogP contribution in [0, 0.1) is 0 Å². The molecule has 1 aromatic rings. The highest BCUT2D eigenvalue weighted by Crippen LogP contribution is 2.43. The van der Waals surface area contributed by atoms with Crippen molar-refractivity contribution in [2.24, 2.45) is 0 Å². The Morgan fingerprint density at radius 3 is 2.76 bits per heavy atom. The van der Waals surface area contributed by atoms with Crippen LogP contribution in [0.3, 0.4) is 0 Å².